The molecule has 3 aromatic heterocycles. The fourth-order valence-electron chi connectivity index (χ4n) is 3.36. The van der Waals surface area contributed by atoms with Gasteiger partial charge < -0.3 is 19.7 Å². The van der Waals surface area contributed by atoms with E-state index in [9.17, 15) is 8.78 Å². The first-order valence-corrected chi connectivity index (χ1v) is 10.3. The molecule has 1 fully saturated rings. The standard InChI is InChI=1S/C21H22F2N4O3.CH3NO/c1-13-4-5-15(8-24-13)20-16(14(2)30-27-20)11-28-19-10-25-17(9-26-19)21(6-3-7-21)29-12-18(22)23;2-1-3/h4-5,8-10,18H,3,6-7,11-12H2,1-2H3;1H,(H2,2,3). The Hall–Kier alpha value is -3.47. The average Bonchev–Trinajstić information content (AvgIpc) is 3.13. The zero-order valence-electron chi connectivity index (χ0n) is 18.3. The van der Waals surface area contributed by atoms with Crippen LogP contribution >= 0.6 is 0 Å². The Labute approximate surface area is 189 Å². The van der Waals surface area contributed by atoms with Gasteiger partial charge in [0.15, 0.2) is 0 Å². The number of nitrogens with zero attached hydrogens (tertiary/aromatic N) is 4. The van der Waals surface area contributed by atoms with E-state index in [1.54, 1.807) is 6.20 Å². The third-order valence-corrected chi connectivity index (χ3v) is 5.28. The van der Waals surface area contributed by atoms with E-state index in [1.807, 2.05) is 26.0 Å². The molecule has 0 aliphatic heterocycles. The van der Waals surface area contributed by atoms with Gasteiger partial charge in [-0.15, -0.1) is 0 Å². The number of aromatic nitrogens is 4. The maximum absolute atomic E-state index is 12.6. The summed E-state index contributed by atoms with van der Waals surface area (Å²) in [5.41, 5.74) is 7.16. The van der Waals surface area contributed by atoms with Gasteiger partial charge in [-0.25, -0.2) is 13.8 Å². The average molecular weight is 461 g/mol. The molecule has 3 heterocycles. The Morgan fingerprint density at radius 3 is 2.48 bits per heavy atom. The van der Waals surface area contributed by atoms with Crippen LogP contribution in [0.1, 0.15) is 42.0 Å². The second-order valence-corrected chi connectivity index (χ2v) is 7.47. The van der Waals surface area contributed by atoms with Crippen LogP contribution in [0.3, 0.4) is 0 Å². The quantitative estimate of drug-likeness (QED) is 0.505. The second kappa shape index (κ2) is 10.9. The van der Waals surface area contributed by atoms with Crippen LogP contribution in [0.5, 0.6) is 5.88 Å². The van der Waals surface area contributed by atoms with Crippen LogP contribution in [0.15, 0.2) is 35.2 Å². The van der Waals surface area contributed by atoms with Gasteiger partial charge in [-0.3, -0.25) is 14.8 Å². The molecule has 0 saturated heterocycles. The molecule has 11 heteroatoms. The molecular formula is C22H25F2N5O4. The van der Waals surface area contributed by atoms with E-state index in [-0.39, 0.29) is 13.0 Å². The lowest BCUT2D eigenvalue weighted by Crippen LogP contribution is -2.39. The molecule has 1 saturated carbocycles. The highest BCUT2D eigenvalue weighted by molar-refractivity contribution is 5.62. The maximum Gasteiger partial charge on any atom is 0.261 e. The van der Waals surface area contributed by atoms with E-state index in [0.29, 0.717) is 35.9 Å². The predicted octanol–water partition coefficient (Wildman–Crippen LogP) is 3.48. The van der Waals surface area contributed by atoms with Crippen molar-refractivity contribution >= 4 is 6.41 Å². The van der Waals surface area contributed by atoms with Crippen LogP contribution in [0.2, 0.25) is 0 Å². The van der Waals surface area contributed by atoms with Crippen molar-refractivity contribution in [3.05, 3.63) is 53.4 Å². The summed E-state index contributed by atoms with van der Waals surface area (Å²) in [6.45, 7) is 3.31. The zero-order valence-corrected chi connectivity index (χ0v) is 18.3. The number of halogens is 2. The molecule has 9 nitrogen and oxygen atoms in total. The molecule has 0 unspecified atom stereocenters. The van der Waals surface area contributed by atoms with Crippen molar-refractivity contribution in [1.82, 2.24) is 20.1 Å². The number of aryl methyl sites for hydroxylation is 2. The first-order chi connectivity index (χ1) is 15.9. The molecule has 2 N–H and O–H groups in total. The van der Waals surface area contributed by atoms with Crippen molar-refractivity contribution in [3.63, 3.8) is 0 Å². The Balaban J connectivity index is 0.000000968. The summed E-state index contributed by atoms with van der Waals surface area (Å²) < 4.78 is 41.7. The van der Waals surface area contributed by atoms with Crippen LogP contribution in [-0.2, 0) is 21.7 Å². The fourth-order valence-corrected chi connectivity index (χ4v) is 3.36. The fraction of sp³-hybridized carbons (Fsp3) is 0.409. The van der Waals surface area contributed by atoms with Gasteiger partial charge in [0, 0.05) is 17.5 Å². The van der Waals surface area contributed by atoms with Crippen LogP contribution in [0.4, 0.5) is 8.78 Å². The summed E-state index contributed by atoms with van der Waals surface area (Å²) in [7, 11) is 0. The Bertz CT molecular complexity index is 1040. The molecule has 0 bridgehead atoms. The van der Waals surface area contributed by atoms with Crippen LogP contribution < -0.4 is 10.5 Å². The van der Waals surface area contributed by atoms with Gasteiger partial charge in [0.1, 0.15) is 30.3 Å². The minimum Gasteiger partial charge on any atom is -0.471 e. The number of amides is 1. The highest BCUT2D eigenvalue weighted by Gasteiger charge is 2.42. The van der Waals surface area contributed by atoms with E-state index in [0.717, 1.165) is 23.2 Å². The van der Waals surface area contributed by atoms with Gasteiger partial charge in [-0.05, 0) is 45.2 Å². The van der Waals surface area contributed by atoms with Gasteiger partial charge in [0.2, 0.25) is 12.3 Å². The van der Waals surface area contributed by atoms with Gasteiger partial charge in [0.25, 0.3) is 6.43 Å². The van der Waals surface area contributed by atoms with E-state index in [1.165, 1.54) is 12.4 Å². The summed E-state index contributed by atoms with van der Waals surface area (Å²) in [5, 5.41) is 4.12. The smallest absolute Gasteiger partial charge is 0.261 e. The molecule has 1 aliphatic rings. The monoisotopic (exact) mass is 461 g/mol. The third-order valence-electron chi connectivity index (χ3n) is 5.28. The van der Waals surface area contributed by atoms with E-state index >= 15 is 0 Å². The highest BCUT2D eigenvalue weighted by Crippen LogP contribution is 2.44. The molecule has 1 aliphatic carbocycles. The number of hydrogen-bond donors (Lipinski definition) is 1. The number of rotatable bonds is 8. The van der Waals surface area contributed by atoms with Crippen LogP contribution in [0, 0.1) is 13.8 Å². The number of carbonyl (C=O) groups excluding carboxylic acids is 1. The van der Waals surface area contributed by atoms with Crippen molar-refractivity contribution in [1.29, 1.82) is 0 Å². The predicted molar refractivity (Wildman–Crippen MR) is 113 cm³/mol. The minimum atomic E-state index is -2.51. The lowest BCUT2D eigenvalue weighted by atomic mass is 9.77. The molecule has 0 aromatic carbocycles. The Morgan fingerprint density at radius 2 is 1.94 bits per heavy atom. The van der Waals surface area contributed by atoms with E-state index in [2.05, 4.69) is 25.8 Å². The van der Waals surface area contributed by atoms with Crippen molar-refractivity contribution in [2.75, 3.05) is 6.61 Å². The number of carbonyl (C=O) groups is 1. The molecular weight excluding hydrogens is 436 g/mol. The van der Waals surface area contributed by atoms with E-state index in [4.69, 9.17) is 18.8 Å². The Morgan fingerprint density at radius 1 is 1.18 bits per heavy atom. The number of nitrogens with two attached hydrogens (primary N) is 1. The molecule has 176 valence electrons. The molecule has 0 radical (unpaired) electrons. The summed E-state index contributed by atoms with van der Waals surface area (Å²) in [5.74, 6) is 0.958. The Kier molecular flexibility index (Phi) is 7.99. The number of pyridine rings is 1. The maximum atomic E-state index is 12.6. The number of alkyl halides is 2. The second-order valence-electron chi connectivity index (χ2n) is 7.47. The van der Waals surface area contributed by atoms with E-state index < -0.39 is 18.6 Å². The van der Waals surface area contributed by atoms with Gasteiger partial charge in [0.05, 0.1) is 23.7 Å². The summed E-state index contributed by atoms with van der Waals surface area (Å²) in [6, 6.07) is 3.83. The van der Waals surface area contributed by atoms with Crippen molar-refractivity contribution in [3.8, 4) is 17.1 Å². The summed E-state index contributed by atoms with van der Waals surface area (Å²) >= 11 is 0. The minimum absolute atomic E-state index is 0.194. The summed E-state index contributed by atoms with van der Waals surface area (Å²) in [6.07, 6.45) is 4.71. The number of primary amides is 1. The topological polar surface area (TPSA) is 126 Å². The lowest BCUT2D eigenvalue weighted by molar-refractivity contribution is -0.139. The molecule has 0 atom stereocenters. The van der Waals surface area contributed by atoms with Crippen LogP contribution in [0.25, 0.3) is 11.3 Å². The molecule has 33 heavy (non-hydrogen) atoms. The lowest BCUT2D eigenvalue weighted by Gasteiger charge is -2.40. The van der Waals surface area contributed by atoms with Crippen molar-refractivity contribution < 1.29 is 27.6 Å². The molecule has 4 rings (SSSR count). The zero-order chi connectivity index (χ0) is 23.8. The first kappa shape index (κ1) is 24.2. The van der Waals surface area contributed by atoms with Gasteiger partial charge >= 0.3 is 0 Å². The largest absolute Gasteiger partial charge is 0.471 e. The molecule has 0 spiro atoms. The first-order valence-electron chi connectivity index (χ1n) is 10.3. The molecule has 1 amide bonds. The summed E-state index contributed by atoms with van der Waals surface area (Å²) in [4.78, 5) is 21.5. The SMILES string of the molecule is Cc1ccc(-c2noc(C)c2COc2cnc(C3(OCC(F)F)CCC3)cn2)cn1.NC=O. The van der Waals surface area contributed by atoms with Gasteiger partial charge in [-0.2, -0.15) is 0 Å². The highest BCUT2D eigenvalue weighted by atomic mass is 19.3. The van der Waals surface area contributed by atoms with Crippen LogP contribution in [-0.4, -0.2) is 39.6 Å². The van der Waals surface area contributed by atoms with Crippen molar-refractivity contribution in [2.24, 2.45) is 5.73 Å². The third kappa shape index (κ3) is 5.86. The van der Waals surface area contributed by atoms with Gasteiger partial charge in [-0.1, -0.05) is 5.16 Å². The normalized spacial score (nSPS) is 14.2. The molecule has 3 aromatic rings. The number of ether oxygens (including phenoxy) is 2. The van der Waals surface area contributed by atoms with Crippen molar-refractivity contribution in [2.45, 2.75) is 51.7 Å². The number of hydrogen-bond acceptors (Lipinski definition) is 8.